The van der Waals surface area contributed by atoms with Crippen LogP contribution in [0.2, 0.25) is 78.6 Å². The van der Waals surface area contributed by atoms with Crippen molar-refractivity contribution in [2.45, 2.75) is 78.6 Å². The van der Waals surface area contributed by atoms with Crippen LogP contribution in [0.15, 0.2) is 48.5 Å². The van der Waals surface area contributed by atoms with Crippen LogP contribution < -0.4 is 19.9 Å². The minimum absolute atomic E-state index is 1.26. The van der Waals surface area contributed by atoms with E-state index in [1.807, 2.05) is 0 Å². The van der Waals surface area contributed by atoms with Gasteiger partial charge in [0.1, 0.15) is 32.9 Å². The van der Waals surface area contributed by atoms with Crippen molar-refractivity contribution < 1.29 is 0 Å². The molecule has 8 heteroatoms. The normalized spacial score (nSPS) is 13.5. The maximum Gasteiger partial charge on any atom is 0.144 e. The van der Waals surface area contributed by atoms with Gasteiger partial charge in [-0.1, -0.05) is 103 Å². The van der Waals surface area contributed by atoms with Crippen LogP contribution in [0.5, 0.6) is 0 Å². The second-order valence-electron chi connectivity index (χ2n) is 15.6. The topological polar surface area (TPSA) is 48.1 Å². The summed E-state index contributed by atoms with van der Waals surface area (Å²) in [5.41, 5.74) is 5.03. The summed E-state index contributed by atoms with van der Waals surface area (Å²) in [4.78, 5) is 15.9. The summed E-state index contributed by atoms with van der Waals surface area (Å²) < 4.78 is 0. The molecule has 0 saturated carbocycles. The highest BCUT2D eigenvalue weighted by molar-refractivity contribution is 6.81. The first kappa shape index (κ1) is 29.0. The van der Waals surface area contributed by atoms with Gasteiger partial charge >= 0.3 is 0 Å². The maximum absolute atomic E-state index is 3.97. The number of hydrogen-bond acceptors (Lipinski definition) is 4. The molecule has 0 bridgehead atoms. The molecule has 212 valence electrons. The molecule has 40 heavy (non-hydrogen) atoms. The quantitative estimate of drug-likeness (QED) is 0.0813. The third-order valence-electron chi connectivity index (χ3n) is 6.94. The van der Waals surface area contributed by atoms with Crippen molar-refractivity contribution in [3.63, 3.8) is 0 Å². The minimum atomic E-state index is -1.58. The molecule has 4 N–H and O–H groups in total. The predicted molar refractivity (Wildman–Crippen MR) is 196 cm³/mol. The molecule has 0 radical (unpaired) electrons. The minimum Gasteiger partial charge on any atom is -0.410 e. The number of hydrogen-bond donors (Lipinski definition) is 4. The molecule has 0 saturated heterocycles. The van der Waals surface area contributed by atoms with Crippen LogP contribution in [0.4, 0.5) is 22.7 Å². The van der Waals surface area contributed by atoms with Crippen molar-refractivity contribution in [1.82, 2.24) is 0 Å². The number of rotatable bonds is 8. The van der Waals surface area contributed by atoms with Crippen molar-refractivity contribution in [2.75, 3.05) is 19.9 Å². The van der Waals surface area contributed by atoms with Gasteiger partial charge < -0.3 is 19.9 Å². The number of benzene rings is 5. The summed E-state index contributed by atoms with van der Waals surface area (Å²) in [7, 11) is -6.32. The number of fused-ring (bicyclic) bond motifs is 2. The molecule has 0 spiro atoms. The van der Waals surface area contributed by atoms with Crippen LogP contribution in [-0.2, 0) is 0 Å². The van der Waals surface area contributed by atoms with Gasteiger partial charge in [-0.2, -0.15) is 0 Å². The fourth-order valence-corrected chi connectivity index (χ4v) is 9.99. The zero-order valence-corrected chi connectivity index (χ0v) is 30.6. The average Bonchev–Trinajstić information content (AvgIpc) is 2.76. The molecular formula is C32H48N4Si4. The Hall–Kier alpha value is -2.53. The highest BCUT2D eigenvalue weighted by atomic mass is 28.3. The third kappa shape index (κ3) is 5.77. The van der Waals surface area contributed by atoms with Crippen molar-refractivity contribution in [1.29, 1.82) is 0 Å². The van der Waals surface area contributed by atoms with E-state index in [1.165, 1.54) is 65.8 Å². The van der Waals surface area contributed by atoms with Crippen molar-refractivity contribution in [3.8, 4) is 0 Å². The second-order valence-corrected chi connectivity index (χ2v) is 34.6. The van der Waals surface area contributed by atoms with E-state index in [9.17, 15) is 0 Å². The molecule has 0 aliphatic carbocycles. The smallest absolute Gasteiger partial charge is 0.144 e. The zero-order valence-electron chi connectivity index (χ0n) is 26.6. The average molecular weight is 601 g/mol. The Morgan fingerprint density at radius 2 is 0.500 bits per heavy atom. The SMILES string of the molecule is C[Si](C)(C)Nc1ccc2c3ccc(N[Si](C)(C)C)c4c(N[Si](C)(C)C)ccc(c5ccc(N[Si](C)(C)C)c1c25)c43. The Bertz CT molecular complexity index is 1490. The van der Waals surface area contributed by atoms with Crippen LogP contribution in [0.3, 0.4) is 0 Å². The van der Waals surface area contributed by atoms with E-state index in [0.717, 1.165) is 0 Å². The summed E-state index contributed by atoms with van der Waals surface area (Å²) >= 11 is 0. The molecule has 0 unspecified atom stereocenters. The molecule has 0 amide bonds. The van der Waals surface area contributed by atoms with E-state index >= 15 is 0 Å². The highest BCUT2D eigenvalue weighted by Crippen LogP contribution is 2.48. The first-order valence-corrected chi connectivity index (χ1v) is 28.6. The lowest BCUT2D eigenvalue weighted by Crippen LogP contribution is -2.34. The van der Waals surface area contributed by atoms with Gasteiger partial charge in [0.15, 0.2) is 0 Å². The summed E-state index contributed by atoms with van der Waals surface area (Å²) in [6.45, 7) is 28.6. The van der Waals surface area contributed by atoms with Gasteiger partial charge in [-0.3, -0.25) is 0 Å². The maximum atomic E-state index is 3.97. The van der Waals surface area contributed by atoms with Crippen molar-refractivity contribution in [3.05, 3.63) is 48.5 Å². The molecule has 5 rings (SSSR count). The lowest BCUT2D eigenvalue weighted by molar-refractivity contribution is 1.58. The number of nitrogens with one attached hydrogen (secondary N) is 4. The first-order valence-electron chi connectivity index (χ1n) is 14.6. The van der Waals surface area contributed by atoms with Gasteiger partial charge in [-0.25, -0.2) is 0 Å². The van der Waals surface area contributed by atoms with E-state index in [-0.39, 0.29) is 0 Å². The highest BCUT2D eigenvalue weighted by Gasteiger charge is 2.25. The van der Waals surface area contributed by atoms with Gasteiger partial charge in [0.25, 0.3) is 0 Å². The standard InChI is InChI=1S/C32H48N4Si4/c1-37(2,3)33-25-17-13-21-23-15-19-27(35-39(7,8)9)32-28(36-40(10,11)12)20-16-24(30(23)32)22-14-18-26(31(25)29(21)22)34-38(4,5)6/h13-20,33-36H,1-12H3. The van der Waals surface area contributed by atoms with E-state index in [4.69, 9.17) is 0 Å². The van der Waals surface area contributed by atoms with Crippen molar-refractivity contribution in [2.24, 2.45) is 0 Å². The summed E-state index contributed by atoms with van der Waals surface area (Å²) in [5.74, 6) is 0. The Kier molecular flexibility index (Phi) is 6.89. The molecule has 0 aliphatic rings. The summed E-state index contributed by atoms with van der Waals surface area (Å²) in [6.07, 6.45) is 0. The molecule has 5 aromatic carbocycles. The monoisotopic (exact) mass is 600 g/mol. The van der Waals surface area contributed by atoms with Gasteiger partial charge in [0.2, 0.25) is 0 Å². The first-order chi connectivity index (χ1) is 18.3. The molecule has 4 nitrogen and oxygen atoms in total. The van der Waals surface area contributed by atoms with Gasteiger partial charge in [0.05, 0.1) is 0 Å². The fourth-order valence-electron chi connectivity index (χ4n) is 5.92. The van der Waals surface area contributed by atoms with Crippen LogP contribution >= 0.6 is 0 Å². The fraction of sp³-hybridized carbons (Fsp3) is 0.375. The summed E-state index contributed by atoms with van der Waals surface area (Å²) in [5, 5.41) is 10.8. The van der Waals surface area contributed by atoms with Gasteiger partial charge in [-0.15, -0.1) is 0 Å². The van der Waals surface area contributed by atoms with Gasteiger partial charge in [0, 0.05) is 44.3 Å². The summed E-state index contributed by atoms with van der Waals surface area (Å²) in [6, 6.07) is 18.8. The molecule has 0 atom stereocenters. The zero-order chi connectivity index (χ0) is 29.4. The van der Waals surface area contributed by atoms with Crippen LogP contribution in [-0.4, -0.2) is 32.9 Å². The van der Waals surface area contributed by atoms with E-state index in [1.54, 1.807) is 0 Å². The van der Waals surface area contributed by atoms with Crippen LogP contribution in [0.25, 0.3) is 43.1 Å². The number of anilines is 4. The molecule has 5 aromatic rings. The lowest BCUT2D eigenvalue weighted by atomic mass is 9.88. The molecule has 0 aromatic heterocycles. The Balaban J connectivity index is 1.96. The van der Waals surface area contributed by atoms with E-state index < -0.39 is 32.9 Å². The van der Waals surface area contributed by atoms with Crippen molar-refractivity contribution >= 4 is 98.8 Å². The van der Waals surface area contributed by atoms with Crippen LogP contribution in [0.1, 0.15) is 0 Å². The third-order valence-corrected chi connectivity index (χ3v) is 11.0. The largest absolute Gasteiger partial charge is 0.410 e. The molecule has 0 fully saturated rings. The molecular weight excluding hydrogens is 553 g/mol. The van der Waals surface area contributed by atoms with E-state index in [2.05, 4.69) is 147 Å². The Morgan fingerprint density at radius 3 is 0.675 bits per heavy atom. The van der Waals surface area contributed by atoms with Crippen LogP contribution in [0, 0.1) is 0 Å². The van der Waals surface area contributed by atoms with E-state index in [0.29, 0.717) is 0 Å². The predicted octanol–water partition coefficient (Wildman–Crippen LogP) is 10.7. The lowest BCUT2D eigenvalue weighted by Gasteiger charge is -2.29. The molecule has 0 heterocycles. The second kappa shape index (κ2) is 9.51. The molecule has 0 aliphatic heterocycles. The Morgan fingerprint density at radius 1 is 0.300 bits per heavy atom. The Labute approximate surface area is 245 Å². The van der Waals surface area contributed by atoms with Gasteiger partial charge in [-0.05, 0) is 45.8 Å².